The molecule has 7 nitrogen and oxygen atoms in total. The van der Waals surface area contributed by atoms with Gasteiger partial charge in [0.25, 0.3) is 11.6 Å². The molecule has 0 spiro atoms. The van der Waals surface area contributed by atoms with E-state index in [1.54, 1.807) is 18.2 Å². The number of rotatable bonds is 6. The number of nitrogens with one attached hydrogen (secondary N) is 1. The maximum atomic E-state index is 12.9. The lowest BCUT2D eigenvalue weighted by Gasteiger charge is -2.07. The van der Waals surface area contributed by atoms with Crippen molar-refractivity contribution in [3.63, 3.8) is 0 Å². The zero-order valence-corrected chi connectivity index (χ0v) is 14.0. The van der Waals surface area contributed by atoms with Gasteiger partial charge in [-0.15, -0.1) is 0 Å². The molecule has 0 radical (unpaired) electrons. The van der Waals surface area contributed by atoms with E-state index in [2.05, 4.69) is 10.3 Å². The van der Waals surface area contributed by atoms with Gasteiger partial charge in [0.15, 0.2) is 0 Å². The van der Waals surface area contributed by atoms with Crippen LogP contribution in [0.2, 0.25) is 0 Å². The van der Waals surface area contributed by atoms with Crippen LogP contribution in [0.15, 0.2) is 66.9 Å². The van der Waals surface area contributed by atoms with Gasteiger partial charge in [0.1, 0.15) is 17.1 Å². The lowest BCUT2D eigenvalue weighted by molar-refractivity contribution is -0.385. The largest absolute Gasteiger partial charge is 0.439 e. The van der Waals surface area contributed by atoms with Gasteiger partial charge in [0.2, 0.25) is 5.88 Å². The third kappa shape index (κ3) is 4.63. The minimum absolute atomic E-state index is 0.00766. The molecule has 0 fully saturated rings. The SMILES string of the molecule is O=C(NCc1ccc(Oc2ccc(F)cc2)nc1)c1ccccc1[N+](=O)[O-]. The molecule has 0 aliphatic heterocycles. The molecule has 27 heavy (non-hydrogen) atoms. The van der Waals surface area contributed by atoms with Gasteiger partial charge in [-0.05, 0) is 35.9 Å². The molecule has 2 aromatic carbocycles. The molecule has 0 saturated heterocycles. The molecular formula is C19H14FN3O4. The molecule has 136 valence electrons. The summed E-state index contributed by atoms with van der Waals surface area (Å²) in [4.78, 5) is 26.7. The number of pyridine rings is 1. The van der Waals surface area contributed by atoms with E-state index in [1.807, 2.05) is 0 Å². The van der Waals surface area contributed by atoms with Crippen molar-refractivity contribution in [1.29, 1.82) is 0 Å². The van der Waals surface area contributed by atoms with Crippen molar-refractivity contribution < 1.29 is 18.8 Å². The predicted molar refractivity (Wildman–Crippen MR) is 95.0 cm³/mol. The molecule has 0 aliphatic rings. The fourth-order valence-electron chi connectivity index (χ4n) is 2.30. The second-order valence-electron chi connectivity index (χ2n) is 5.52. The molecule has 3 aromatic rings. The number of aromatic nitrogens is 1. The minimum atomic E-state index is -0.599. The van der Waals surface area contributed by atoms with Crippen LogP contribution in [-0.4, -0.2) is 15.8 Å². The van der Waals surface area contributed by atoms with Crippen molar-refractivity contribution in [2.45, 2.75) is 6.54 Å². The van der Waals surface area contributed by atoms with E-state index in [0.717, 1.165) is 0 Å². The highest BCUT2D eigenvalue weighted by Gasteiger charge is 2.18. The topological polar surface area (TPSA) is 94.4 Å². The Morgan fingerprint density at radius 2 is 1.85 bits per heavy atom. The summed E-state index contributed by atoms with van der Waals surface area (Å²) in [5.74, 6) is -0.147. The Bertz CT molecular complexity index is 959. The molecular weight excluding hydrogens is 353 g/mol. The summed E-state index contributed by atoms with van der Waals surface area (Å²) in [7, 11) is 0. The summed E-state index contributed by atoms with van der Waals surface area (Å²) in [5.41, 5.74) is 0.427. The Morgan fingerprint density at radius 3 is 2.52 bits per heavy atom. The van der Waals surface area contributed by atoms with E-state index < -0.39 is 10.8 Å². The van der Waals surface area contributed by atoms with Crippen LogP contribution < -0.4 is 10.1 Å². The van der Waals surface area contributed by atoms with E-state index in [0.29, 0.717) is 17.2 Å². The second kappa shape index (κ2) is 8.05. The molecule has 8 heteroatoms. The highest BCUT2D eigenvalue weighted by atomic mass is 19.1. The van der Waals surface area contributed by atoms with E-state index >= 15 is 0 Å². The molecule has 1 aromatic heterocycles. The second-order valence-corrected chi connectivity index (χ2v) is 5.52. The van der Waals surface area contributed by atoms with Crippen LogP contribution in [0.5, 0.6) is 11.6 Å². The number of para-hydroxylation sites is 1. The van der Waals surface area contributed by atoms with Crippen LogP contribution in [0, 0.1) is 15.9 Å². The fourth-order valence-corrected chi connectivity index (χ4v) is 2.30. The van der Waals surface area contributed by atoms with Gasteiger partial charge in [0.05, 0.1) is 4.92 Å². The lowest BCUT2D eigenvalue weighted by atomic mass is 10.1. The Balaban J connectivity index is 1.61. The minimum Gasteiger partial charge on any atom is -0.439 e. The number of amides is 1. The molecule has 1 heterocycles. The Hall–Kier alpha value is -3.81. The molecule has 1 N–H and O–H groups in total. The van der Waals surface area contributed by atoms with Crippen molar-refractivity contribution in [2.24, 2.45) is 0 Å². The number of hydrogen-bond donors (Lipinski definition) is 1. The summed E-state index contributed by atoms with van der Waals surface area (Å²) in [6.07, 6.45) is 1.51. The number of benzene rings is 2. The third-order valence-corrected chi connectivity index (χ3v) is 3.63. The predicted octanol–water partition coefficient (Wildman–Crippen LogP) is 3.85. The first kappa shape index (κ1) is 18.0. The number of nitro benzene ring substituents is 1. The average molecular weight is 367 g/mol. The smallest absolute Gasteiger partial charge is 0.282 e. The van der Waals surface area contributed by atoms with Crippen molar-refractivity contribution in [2.75, 3.05) is 0 Å². The first-order chi connectivity index (χ1) is 13.0. The Kier molecular flexibility index (Phi) is 5.36. The molecule has 3 rings (SSSR count). The fraction of sp³-hybridized carbons (Fsp3) is 0.0526. The monoisotopic (exact) mass is 367 g/mol. The first-order valence-corrected chi connectivity index (χ1v) is 7.93. The Labute approximate surface area is 153 Å². The molecule has 0 saturated carbocycles. The van der Waals surface area contributed by atoms with Crippen molar-refractivity contribution in [1.82, 2.24) is 10.3 Å². The number of carbonyl (C=O) groups is 1. The highest BCUT2D eigenvalue weighted by Crippen LogP contribution is 2.20. The van der Waals surface area contributed by atoms with Crippen LogP contribution in [0.1, 0.15) is 15.9 Å². The number of nitro groups is 1. The molecule has 0 unspecified atom stereocenters. The van der Waals surface area contributed by atoms with E-state index in [-0.39, 0.29) is 23.6 Å². The van der Waals surface area contributed by atoms with Crippen LogP contribution in [0.4, 0.5) is 10.1 Å². The zero-order chi connectivity index (χ0) is 19.2. The maximum Gasteiger partial charge on any atom is 0.282 e. The van der Waals surface area contributed by atoms with Gasteiger partial charge in [-0.3, -0.25) is 14.9 Å². The third-order valence-electron chi connectivity index (χ3n) is 3.63. The molecule has 1 amide bonds. The normalized spacial score (nSPS) is 10.3. The van der Waals surface area contributed by atoms with Crippen LogP contribution >= 0.6 is 0 Å². The highest BCUT2D eigenvalue weighted by molar-refractivity contribution is 5.98. The maximum absolute atomic E-state index is 12.9. The van der Waals surface area contributed by atoms with Gasteiger partial charge in [-0.25, -0.2) is 9.37 Å². The van der Waals surface area contributed by atoms with Crippen molar-refractivity contribution in [3.05, 3.63) is 93.9 Å². The van der Waals surface area contributed by atoms with Crippen molar-refractivity contribution in [3.8, 4) is 11.6 Å². The standard InChI is InChI=1S/C19H14FN3O4/c20-14-6-8-15(9-7-14)27-18-10-5-13(11-21-18)12-22-19(24)16-3-1-2-4-17(16)23(25)26/h1-11H,12H2,(H,22,24). The van der Waals surface area contributed by atoms with Crippen LogP contribution in [-0.2, 0) is 6.54 Å². The van der Waals surface area contributed by atoms with Crippen LogP contribution in [0.3, 0.4) is 0 Å². The van der Waals surface area contributed by atoms with Gasteiger partial charge >= 0.3 is 0 Å². The zero-order valence-electron chi connectivity index (χ0n) is 14.0. The van der Waals surface area contributed by atoms with E-state index in [9.17, 15) is 19.3 Å². The molecule has 0 aliphatic carbocycles. The summed E-state index contributed by atoms with van der Waals surface area (Å²) < 4.78 is 18.4. The summed E-state index contributed by atoms with van der Waals surface area (Å²) in [5, 5.41) is 13.6. The summed E-state index contributed by atoms with van der Waals surface area (Å²) in [6, 6.07) is 14.6. The quantitative estimate of drug-likeness (QED) is 0.527. The summed E-state index contributed by atoms with van der Waals surface area (Å²) >= 11 is 0. The molecule has 0 bridgehead atoms. The van der Waals surface area contributed by atoms with Crippen molar-refractivity contribution >= 4 is 11.6 Å². The van der Waals surface area contributed by atoms with Gasteiger partial charge < -0.3 is 10.1 Å². The lowest BCUT2D eigenvalue weighted by Crippen LogP contribution is -2.23. The van der Waals surface area contributed by atoms with Gasteiger partial charge in [-0.1, -0.05) is 18.2 Å². The first-order valence-electron chi connectivity index (χ1n) is 7.93. The average Bonchev–Trinajstić information content (AvgIpc) is 2.69. The number of halogens is 1. The number of ether oxygens (including phenoxy) is 1. The van der Waals surface area contributed by atoms with E-state index in [4.69, 9.17) is 4.74 Å². The number of carbonyl (C=O) groups excluding carboxylic acids is 1. The van der Waals surface area contributed by atoms with Gasteiger partial charge in [0, 0.05) is 24.9 Å². The van der Waals surface area contributed by atoms with Gasteiger partial charge in [-0.2, -0.15) is 0 Å². The van der Waals surface area contributed by atoms with Crippen LogP contribution in [0.25, 0.3) is 0 Å². The summed E-state index contributed by atoms with van der Waals surface area (Å²) in [6.45, 7) is 0.148. The molecule has 0 atom stereocenters. The number of nitrogens with zero attached hydrogens (tertiary/aromatic N) is 2. The van der Waals surface area contributed by atoms with E-state index in [1.165, 1.54) is 48.7 Å². The Morgan fingerprint density at radius 1 is 1.11 bits per heavy atom. The number of hydrogen-bond acceptors (Lipinski definition) is 5.